The van der Waals surface area contributed by atoms with E-state index in [0.717, 1.165) is 37.9 Å². The summed E-state index contributed by atoms with van der Waals surface area (Å²) in [7, 11) is 0. The molecule has 0 saturated carbocycles. The average Bonchev–Trinajstić information content (AvgIpc) is 2.38. The van der Waals surface area contributed by atoms with Gasteiger partial charge in [0.1, 0.15) is 5.82 Å². The lowest BCUT2D eigenvalue weighted by Gasteiger charge is -2.33. The van der Waals surface area contributed by atoms with Crippen molar-refractivity contribution in [1.82, 2.24) is 10.3 Å². The van der Waals surface area contributed by atoms with E-state index >= 15 is 0 Å². The standard InChI is InChI=1S/C13H21N3/c1-2-14-10-12-6-5-9-16(11-12)13-7-3-4-8-15-13/h3-4,7-8,12,14H,2,5-6,9-11H2,1H3. The lowest BCUT2D eigenvalue weighted by molar-refractivity contribution is 0.394. The van der Waals surface area contributed by atoms with Crippen LogP contribution in [0.1, 0.15) is 19.8 Å². The van der Waals surface area contributed by atoms with Crippen molar-refractivity contribution >= 4 is 5.82 Å². The zero-order valence-corrected chi connectivity index (χ0v) is 10.0. The average molecular weight is 219 g/mol. The van der Waals surface area contributed by atoms with E-state index in [2.05, 4.69) is 34.3 Å². The van der Waals surface area contributed by atoms with Gasteiger partial charge in [-0.3, -0.25) is 0 Å². The highest BCUT2D eigenvalue weighted by molar-refractivity contribution is 5.38. The Balaban J connectivity index is 1.91. The molecule has 1 aromatic heterocycles. The quantitative estimate of drug-likeness (QED) is 0.838. The molecule has 2 heterocycles. The second kappa shape index (κ2) is 5.85. The van der Waals surface area contributed by atoms with Crippen molar-refractivity contribution < 1.29 is 0 Å². The highest BCUT2D eigenvalue weighted by atomic mass is 15.2. The third kappa shape index (κ3) is 2.95. The Labute approximate surface area is 97.9 Å². The minimum atomic E-state index is 0.774. The summed E-state index contributed by atoms with van der Waals surface area (Å²) in [6, 6.07) is 6.15. The van der Waals surface area contributed by atoms with Crippen LogP contribution in [0.5, 0.6) is 0 Å². The highest BCUT2D eigenvalue weighted by Gasteiger charge is 2.19. The normalized spacial score (nSPS) is 21.1. The van der Waals surface area contributed by atoms with Crippen LogP contribution in [0.15, 0.2) is 24.4 Å². The van der Waals surface area contributed by atoms with Crippen molar-refractivity contribution in [2.75, 3.05) is 31.1 Å². The number of nitrogens with one attached hydrogen (secondary N) is 1. The van der Waals surface area contributed by atoms with Gasteiger partial charge in [-0.1, -0.05) is 13.0 Å². The third-order valence-electron chi connectivity index (χ3n) is 3.18. The molecule has 1 N–H and O–H groups in total. The predicted octanol–water partition coefficient (Wildman–Crippen LogP) is 1.91. The Kier molecular flexibility index (Phi) is 4.17. The van der Waals surface area contributed by atoms with Gasteiger partial charge in [0.2, 0.25) is 0 Å². The molecule has 1 aliphatic rings. The Hall–Kier alpha value is -1.09. The van der Waals surface area contributed by atoms with E-state index in [1.165, 1.54) is 12.8 Å². The maximum Gasteiger partial charge on any atom is 0.128 e. The van der Waals surface area contributed by atoms with Crippen LogP contribution in [0, 0.1) is 5.92 Å². The Bertz CT molecular complexity index is 299. The molecule has 3 nitrogen and oxygen atoms in total. The molecule has 1 fully saturated rings. The van der Waals surface area contributed by atoms with Gasteiger partial charge >= 0.3 is 0 Å². The molecule has 16 heavy (non-hydrogen) atoms. The number of rotatable bonds is 4. The summed E-state index contributed by atoms with van der Waals surface area (Å²) < 4.78 is 0. The lowest BCUT2D eigenvalue weighted by Crippen LogP contribution is -2.40. The second-order valence-corrected chi connectivity index (χ2v) is 4.45. The molecule has 0 bridgehead atoms. The Morgan fingerprint density at radius 1 is 1.50 bits per heavy atom. The number of pyridine rings is 1. The van der Waals surface area contributed by atoms with Crippen LogP contribution >= 0.6 is 0 Å². The topological polar surface area (TPSA) is 28.2 Å². The fraction of sp³-hybridized carbons (Fsp3) is 0.615. The number of nitrogens with zero attached hydrogens (tertiary/aromatic N) is 2. The highest BCUT2D eigenvalue weighted by Crippen LogP contribution is 2.20. The molecule has 0 amide bonds. The SMILES string of the molecule is CCNCC1CCCN(c2ccccn2)C1. The molecule has 1 aliphatic heterocycles. The molecular weight excluding hydrogens is 198 g/mol. The zero-order chi connectivity index (χ0) is 11.2. The van der Waals surface area contributed by atoms with Gasteiger partial charge in [0, 0.05) is 19.3 Å². The first-order chi connectivity index (χ1) is 7.90. The predicted molar refractivity (Wildman–Crippen MR) is 67.7 cm³/mol. The molecule has 0 aromatic carbocycles. The van der Waals surface area contributed by atoms with Gasteiger partial charge in [0.25, 0.3) is 0 Å². The van der Waals surface area contributed by atoms with Gasteiger partial charge < -0.3 is 10.2 Å². The smallest absolute Gasteiger partial charge is 0.128 e. The van der Waals surface area contributed by atoms with Gasteiger partial charge in [-0.05, 0) is 44.0 Å². The molecule has 1 aromatic rings. The first-order valence-electron chi connectivity index (χ1n) is 6.27. The number of hydrogen-bond acceptors (Lipinski definition) is 3. The minimum absolute atomic E-state index is 0.774. The zero-order valence-electron chi connectivity index (χ0n) is 10.0. The van der Waals surface area contributed by atoms with Gasteiger partial charge in [-0.2, -0.15) is 0 Å². The van der Waals surface area contributed by atoms with Crippen molar-refractivity contribution in [3.63, 3.8) is 0 Å². The van der Waals surface area contributed by atoms with Crippen LogP contribution in [-0.2, 0) is 0 Å². The minimum Gasteiger partial charge on any atom is -0.356 e. The molecular formula is C13H21N3. The van der Waals surface area contributed by atoms with Crippen LogP contribution in [-0.4, -0.2) is 31.2 Å². The monoisotopic (exact) mass is 219 g/mol. The van der Waals surface area contributed by atoms with Crippen LogP contribution in [0.25, 0.3) is 0 Å². The summed E-state index contributed by atoms with van der Waals surface area (Å²) in [6.07, 6.45) is 4.51. The third-order valence-corrected chi connectivity index (χ3v) is 3.18. The first-order valence-corrected chi connectivity index (χ1v) is 6.27. The summed E-state index contributed by atoms with van der Waals surface area (Å²) >= 11 is 0. The van der Waals surface area contributed by atoms with Gasteiger partial charge in [0.05, 0.1) is 0 Å². The number of hydrogen-bond donors (Lipinski definition) is 1. The van der Waals surface area contributed by atoms with E-state index in [-0.39, 0.29) is 0 Å². The van der Waals surface area contributed by atoms with E-state index in [4.69, 9.17) is 0 Å². The molecule has 0 radical (unpaired) electrons. The molecule has 88 valence electrons. The number of anilines is 1. The lowest BCUT2D eigenvalue weighted by atomic mass is 9.98. The van der Waals surface area contributed by atoms with E-state index < -0.39 is 0 Å². The van der Waals surface area contributed by atoms with E-state index in [1.807, 2.05) is 12.3 Å². The maximum absolute atomic E-state index is 4.42. The van der Waals surface area contributed by atoms with Gasteiger partial charge in [-0.25, -0.2) is 4.98 Å². The van der Waals surface area contributed by atoms with Gasteiger partial charge in [0.15, 0.2) is 0 Å². The second-order valence-electron chi connectivity index (χ2n) is 4.45. The summed E-state index contributed by atoms with van der Waals surface area (Å²) in [5.74, 6) is 1.90. The van der Waals surface area contributed by atoms with Crippen molar-refractivity contribution in [3.05, 3.63) is 24.4 Å². The molecule has 2 rings (SSSR count). The maximum atomic E-state index is 4.42. The van der Waals surface area contributed by atoms with Crippen molar-refractivity contribution in [2.24, 2.45) is 5.92 Å². The molecule has 0 spiro atoms. The molecule has 1 unspecified atom stereocenters. The molecule has 3 heteroatoms. The molecule has 1 atom stereocenters. The van der Waals surface area contributed by atoms with Crippen LogP contribution in [0.2, 0.25) is 0 Å². The van der Waals surface area contributed by atoms with E-state index in [9.17, 15) is 0 Å². The summed E-state index contributed by atoms with van der Waals surface area (Å²) in [5.41, 5.74) is 0. The van der Waals surface area contributed by atoms with Crippen LogP contribution < -0.4 is 10.2 Å². The number of aromatic nitrogens is 1. The van der Waals surface area contributed by atoms with Crippen molar-refractivity contribution in [2.45, 2.75) is 19.8 Å². The summed E-state index contributed by atoms with van der Waals surface area (Å²) in [6.45, 7) is 6.67. The fourth-order valence-corrected chi connectivity index (χ4v) is 2.33. The Morgan fingerprint density at radius 3 is 3.19 bits per heavy atom. The summed E-state index contributed by atoms with van der Waals surface area (Å²) in [4.78, 5) is 6.83. The van der Waals surface area contributed by atoms with E-state index in [1.54, 1.807) is 0 Å². The molecule has 0 aliphatic carbocycles. The summed E-state index contributed by atoms with van der Waals surface area (Å²) in [5, 5.41) is 3.44. The van der Waals surface area contributed by atoms with Crippen LogP contribution in [0.4, 0.5) is 5.82 Å². The molecule has 1 saturated heterocycles. The van der Waals surface area contributed by atoms with Crippen molar-refractivity contribution in [1.29, 1.82) is 0 Å². The van der Waals surface area contributed by atoms with Gasteiger partial charge in [-0.15, -0.1) is 0 Å². The van der Waals surface area contributed by atoms with Crippen LogP contribution in [0.3, 0.4) is 0 Å². The van der Waals surface area contributed by atoms with E-state index in [0.29, 0.717) is 0 Å². The number of piperidine rings is 1. The van der Waals surface area contributed by atoms with Crippen molar-refractivity contribution in [3.8, 4) is 0 Å². The largest absolute Gasteiger partial charge is 0.356 e. The fourth-order valence-electron chi connectivity index (χ4n) is 2.33. The first kappa shape index (κ1) is 11.4. The Morgan fingerprint density at radius 2 is 2.44 bits per heavy atom.